The number of carboxylic acids is 1. The lowest BCUT2D eigenvalue weighted by Crippen LogP contribution is -2.42. The topological polar surface area (TPSA) is 70.8 Å². The molecular weight excluding hydrogens is 204 g/mol. The number of nitrogens with zero attached hydrogens (tertiary/aromatic N) is 1. The van der Waals surface area contributed by atoms with Gasteiger partial charge in [-0.25, -0.2) is 11.4 Å². The minimum Gasteiger partial charge on any atom is -0.480 e. The van der Waals surface area contributed by atoms with Crippen LogP contribution in [0.25, 0.3) is 4.85 Å². The van der Waals surface area contributed by atoms with Crippen molar-refractivity contribution in [2.45, 2.75) is 12.5 Å². The smallest absolute Gasteiger partial charge is 0.326 e. The molecule has 0 bridgehead atoms. The number of aliphatic carboxylic acids is 1. The van der Waals surface area contributed by atoms with Crippen molar-refractivity contribution < 1.29 is 14.7 Å². The first kappa shape index (κ1) is 12.8. The van der Waals surface area contributed by atoms with Crippen LogP contribution in [0.5, 0.6) is 0 Å². The summed E-state index contributed by atoms with van der Waals surface area (Å²) in [5, 5.41) is 11.0. The molecule has 14 heavy (non-hydrogen) atoms. The Hall–Kier alpha value is -1.22. The molecule has 0 rings (SSSR count). The zero-order chi connectivity index (χ0) is 11.0. The van der Waals surface area contributed by atoms with Crippen LogP contribution in [-0.4, -0.2) is 41.6 Å². The summed E-state index contributed by atoms with van der Waals surface area (Å²) in [5.41, 5.74) is 0. The summed E-state index contributed by atoms with van der Waals surface area (Å²) in [6.07, 6.45) is 2.24. The van der Waals surface area contributed by atoms with Crippen molar-refractivity contribution in [1.82, 2.24) is 5.32 Å². The quantitative estimate of drug-likeness (QED) is 0.623. The molecule has 1 amide bonds. The third-order valence-corrected chi connectivity index (χ3v) is 2.11. The van der Waals surface area contributed by atoms with Crippen LogP contribution in [0.4, 0.5) is 0 Å². The first-order chi connectivity index (χ1) is 6.61. The predicted octanol–water partition coefficient (Wildman–Crippen LogP) is 0.228. The molecule has 0 aromatic rings. The highest BCUT2D eigenvalue weighted by molar-refractivity contribution is 7.98. The summed E-state index contributed by atoms with van der Waals surface area (Å²) in [5.74, 6) is -0.930. The molecule has 0 fully saturated rings. The Morgan fingerprint density at radius 1 is 1.64 bits per heavy atom. The van der Waals surface area contributed by atoms with Gasteiger partial charge in [0.2, 0.25) is 0 Å². The minimum atomic E-state index is -1.06. The number of thioether (sulfide) groups is 1. The fourth-order valence-corrected chi connectivity index (χ4v) is 1.28. The Bertz CT molecular complexity index is 249. The number of nitrogens with one attached hydrogen (secondary N) is 1. The largest absolute Gasteiger partial charge is 0.480 e. The van der Waals surface area contributed by atoms with Crippen molar-refractivity contribution in [2.75, 3.05) is 18.6 Å². The molecule has 0 radical (unpaired) electrons. The maximum atomic E-state index is 10.9. The van der Waals surface area contributed by atoms with Crippen LogP contribution < -0.4 is 5.32 Å². The Morgan fingerprint density at radius 3 is 2.71 bits per heavy atom. The Labute approximate surface area is 86.7 Å². The standard InChI is InChI=1S/C8H12N2O3S/c1-9-5-7(11)10-6(8(12)13)3-4-14-2/h6H,3-5H2,2H3,(H,10,11)(H,12,13). The fourth-order valence-electron chi connectivity index (χ4n) is 0.805. The highest BCUT2D eigenvalue weighted by atomic mass is 32.2. The number of hydrogen-bond donors (Lipinski definition) is 2. The van der Waals surface area contributed by atoms with Crippen molar-refractivity contribution in [2.24, 2.45) is 0 Å². The molecule has 0 aromatic heterocycles. The van der Waals surface area contributed by atoms with E-state index < -0.39 is 17.9 Å². The number of carbonyl (C=O) groups excluding carboxylic acids is 1. The van der Waals surface area contributed by atoms with Gasteiger partial charge in [-0.15, -0.1) is 0 Å². The molecule has 2 N–H and O–H groups in total. The van der Waals surface area contributed by atoms with Crippen LogP contribution in [0.2, 0.25) is 0 Å². The average Bonchev–Trinajstić information content (AvgIpc) is 2.12. The minimum absolute atomic E-state index is 0.316. The van der Waals surface area contributed by atoms with E-state index in [1.807, 2.05) is 6.26 Å². The van der Waals surface area contributed by atoms with Crippen molar-refractivity contribution in [3.63, 3.8) is 0 Å². The number of hydrogen-bond acceptors (Lipinski definition) is 3. The van der Waals surface area contributed by atoms with Crippen LogP contribution in [0, 0.1) is 6.57 Å². The summed E-state index contributed by atoms with van der Waals surface area (Å²) in [4.78, 5) is 24.4. The van der Waals surface area contributed by atoms with Gasteiger partial charge in [-0.3, -0.25) is 4.79 Å². The summed E-state index contributed by atoms with van der Waals surface area (Å²) in [7, 11) is 0. The van der Waals surface area contributed by atoms with Crippen LogP contribution in [0.3, 0.4) is 0 Å². The second-order valence-electron chi connectivity index (χ2n) is 2.56. The Kier molecular flexibility index (Phi) is 6.58. The molecular formula is C8H12N2O3S. The lowest BCUT2D eigenvalue weighted by Gasteiger charge is -2.11. The molecule has 0 aliphatic heterocycles. The van der Waals surface area contributed by atoms with Crippen molar-refractivity contribution in [3.8, 4) is 0 Å². The highest BCUT2D eigenvalue weighted by Gasteiger charge is 2.19. The van der Waals surface area contributed by atoms with Gasteiger partial charge in [-0.05, 0) is 18.4 Å². The van der Waals surface area contributed by atoms with Gasteiger partial charge >= 0.3 is 11.9 Å². The second kappa shape index (κ2) is 7.21. The number of rotatable bonds is 6. The van der Waals surface area contributed by atoms with E-state index in [1.54, 1.807) is 0 Å². The predicted molar refractivity (Wildman–Crippen MR) is 54.0 cm³/mol. The number of carboxylic acid groups (broad SMARTS) is 1. The fraction of sp³-hybridized carbons (Fsp3) is 0.625. The molecule has 78 valence electrons. The van der Waals surface area contributed by atoms with Gasteiger partial charge in [0, 0.05) is 0 Å². The van der Waals surface area contributed by atoms with Gasteiger partial charge in [0.25, 0.3) is 6.54 Å². The first-order valence-corrected chi connectivity index (χ1v) is 5.35. The molecule has 0 aromatic carbocycles. The summed E-state index contributed by atoms with van der Waals surface area (Å²) in [6.45, 7) is 6.12. The van der Waals surface area contributed by atoms with E-state index in [4.69, 9.17) is 11.7 Å². The van der Waals surface area contributed by atoms with Crippen molar-refractivity contribution >= 4 is 23.6 Å². The van der Waals surface area contributed by atoms with E-state index in [1.165, 1.54) is 11.8 Å². The normalized spacial score (nSPS) is 11.4. The third kappa shape index (κ3) is 5.43. The summed E-state index contributed by atoms with van der Waals surface area (Å²) in [6, 6.07) is -0.878. The lowest BCUT2D eigenvalue weighted by molar-refractivity contribution is -0.141. The van der Waals surface area contributed by atoms with Crippen LogP contribution >= 0.6 is 11.8 Å². The molecule has 0 heterocycles. The van der Waals surface area contributed by atoms with E-state index in [2.05, 4.69) is 10.2 Å². The van der Waals surface area contributed by atoms with Gasteiger partial charge < -0.3 is 15.3 Å². The van der Waals surface area contributed by atoms with E-state index in [-0.39, 0.29) is 6.54 Å². The van der Waals surface area contributed by atoms with Gasteiger partial charge in [-0.2, -0.15) is 11.8 Å². The van der Waals surface area contributed by atoms with Gasteiger partial charge in [0.05, 0.1) is 0 Å². The van der Waals surface area contributed by atoms with Crippen molar-refractivity contribution in [1.29, 1.82) is 0 Å². The molecule has 0 aliphatic carbocycles. The molecule has 0 spiro atoms. The molecule has 0 aliphatic rings. The first-order valence-electron chi connectivity index (χ1n) is 3.96. The van der Waals surface area contributed by atoms with E-state index in [0.29, 0.717) is 12.2 Å². The van der Waals surface area contributed by atoms with Gasteiger partial charge in [-0.1, -0.05) is 0 Å². The Morgan fingerprint density at radius 2 is 2.29 bits per heavy atom. The molecule has 1 atom stereocenters. The Balaban J connectivity index is 4.03. The van der Waals surface area contributed by atoms with E-state index >= 15 is 0 Å². The summed E-state index contributed by atoms with van der Waals surface area (Å²) >= 11 is 1.51. The zero-order valence-electron chi connectivity index (χ0n) is 7.82. The highest BCUT2D eigenvalue weighted by Crippen LogP contribution is 2.00. The van der Waals surface area contributed by atoms with Crippen LogP contribution in [0.1, 0.15) is 6.42 Å². The van der Waals surface area contributed by atoms with E-state index in [0.717, 1.165) is 0 Å². The van der Waals surface area contributed by atoms with E-state index in [9.17, 15) is 9.59 Å². The van der Waals surface area contributed by atoms with Gasteiger partial charge in [0.1, 0.15) is 6.04 Å². The summed E-state index contributed by atoms with van der Waals surface area (Å²) < 4.78 is 0. The maximum Gasteiger partial charge on any atom is 0.326 e. The average molecular weight is 216 g/mol. The van der Waals surface area contributed by atoms with Crippen molar-refractivity contribution in [3.05, 3.63) is 11.4 Å². The maximum absolute atomic E-state index is 10.9. The monoisotopic (exact) mass is 216 g/mol. The third-order valence-electron chi connectivity index (χ3n) is 1.47. The molecule has 5 nitrogen and oxygen atoms in total. The van der Waals surface area contributed by atoms with Crippen LogP contribution in [0.15, 0.2) is 0 Å². The SMILES string of the molecule is [C-]#[N+]CC(=O)NC(CCSC)C(=O)O. The van der Waals surface area contributed by atoms with Crippen LogP contribution in [-0.2, 0) is 9.59 Å². The molecule has 0 saturated heterocycles. The lowest BCUT2D eigenvalue weighted by atomic mass is 10.2. The number of carbonyl (C=O) groups is 2. The molecule has 1 unspecified atom stereocenters. The molecule has 6 heteroatoms. The second-order valence-corrected chi connectivity index (χ2v) is 3.54. The zero-order valence-corrected chi connectivity index (χ0v) is 8.63. The van der Waals surface area contributed by atoms with Gasteiger partial charge in [0.15, 0.2) is 0 Å². The molecule has 0 saturated carbocycles. The number of amides is 1.